The van der Waals surface area contributed by atoms with Crippen LogP contribution in [0.5, 0.6) is 0 Å². The monoisotopic (exact) mass is 400 g/mol. The van der Waals surface area contributed by atoms with E-state index in [-0.39, 0.29) is 5.56 Å². The Morgan fingerprint density at radius 1 is 1.14 bits per heavy atom. The van der Waals surface area contributed by atoms with Crippen LogP contribution < -0.4 is 5.73 Å². The molecular weight excluding hydrogens is 381 g/mol. The molecule has 0 fully saturated rings. The van der Waals surface area contributed by atoms with Crippen molar-refractivity contribution in [2.75, 3.05) is 0 Å². The summed E-state index contributed by atoms with van der Waals surface area (Å²) in [6.07, 6.45) is -2.11. The van der Waals surface area contributed by atoms with Crippen molar-refractivity contribution in [1.29, 1.82) is 0 Å². The number of benzene rings is 2. The quantitative estimate of drug-likeness (QED) is 0.545. The molecule has 4 aromatic rings. The fourth-order valence-corrected chi connectivity index (χ4v) is 3.29. The highest BCUT2D eigenvalue weighted by molar-refractivity contribution is 5.82. The first-order valence-electron chi connectivity index (χ1n) is 8.98. The number of nitrogens with zero attached hydrogens (tertiary/aromatic N) is 4. The van der Waals surface area contributed by atoms with Crippen LogP contribution in [0.1, 0.15) is 28.6 Å². The first kappa shape index (κ1) is 19.1. The standard InChI is InChI=1S/C20H19F3N6/c1-11-14(7-8-16-15(11)10-25-27-16)9-17-26-19(28-29(17)2)13-5-3-12(4-6-13)18(24)20(21,22)23/h3-8,10,18H,9,24H2,1-2H3,(H,25,27). The Kier molecular flexibility index (Phi) is 4.62. The number of aryl methyl sites for hydroxylation is 2. The van der Waals surface area contributed by atoms with Crippen molar-refractivity contribution in [3.8, 4) is 11.4 Å². The molecule has 2 heterocycles. The van der Waals surface area contributed by atoms with Gasteiger partial charge in [-0.15, -0.1) is 0 Å². The van der Waals surface area contributed by atoms with E-state index in [4.69, 9.17) is 5.73 Å². The van der Waals surface area contributed by atoms with Crippen molar-refractivity contribution in [2.45, 2.75) is 25.6 Å². The molecule has 3 N–H and O–H groups in total. The number of nitrogens with two attached hydrogens (primary N) is 1. The zero-order chi connectivity index (χ0) is 20.8. The molecule has 2 aromatic heterocycles. The molecule has 150 valence electrons. The van der Waals surface area contributed by atoms with Crippen LogP contribution in [-0.4, -0.2) is 31.1 Å². The summed E-state index contributed by atoms with van der Waals surface area (Å²) < 4.78 is 40.0. The van der Waals surface area contributed by atoms with Gasteiger partial charge in [0.1, 0.15) is 11.9 Å². The maximum Gasteiger partial charge on any atom is 0.407 e. The largest absolute Gasteiger partial charge is 0.407 e. The lowest BCUT2D eigenvalue weighted by atomic mass is 10.0. The highest BCUT2D eigenvalue weighted by atomic mass is 19.4. The summed E-state index contributed by atoms with van der Waals surface area (Å²) >= 11 is 0. The smallest absolute Gasteiger partial charge is 0.316 e. The minimum atomic E-state index is -4.48. The van der Waals surface area contributed by atoms with Crippen molar-refractivity contribution in [2.24, 2.45) is 12.8 Å². The lowest BCUT2D eigenvalue weighted by Crippen LogP contribution is -2.28. The molecule has 4 rings (SSSR count). The van der Waals surface area contributed by atoms with Crippen LogP contribution in [0.3, 0.4) is 0 Å². The van der Waals surface area contributed by atoms with Gasteiger partial charge in [-0.05, 0) is 29.7 Å². The van der Waals surface area contributed by atoms with Crippen LogP contribution in [0.15, 0.2) is 42.6 Å². The topological polar surface area (TPSA) is 85.4 Å². The van der Waals surface area contributed by atoms with Gasteiger partial charge >= 0.3 is 6.18 Å². The number of hydrogen-bond acceptors (Lipinski definition) is 4. The van der Waals surface area contributed by atoms with Crippen molar-refractivity contribution >= 4 is 10.9 Å². The summed E-state index contributed by atoms with van der Waals surface area (Å²) in [4.78, 5) is 4.58. The average Bonchev–Trinajstić information content (AvgIpc) is 3.30. The predicted molar refractivity (Wildman–Crippen MR) is 103 cm³/mol. The average molecular weight is 400 g/mol. The molecule has 0 spiro atoms. The maximum absolute atomic E-state index is 12.8. The third-order valence-corrected chi connectivity index (χ3v) is 5.09. The van der Waals surface area contributed by atoms with Crippen molar-refractivity contribution < 1.29 is 13.2 Å². The van der Waals surface area contributed by atoms with E-state index < -0.39 is 12.2 Å². The molecule has 29 heavy (non-hydrogen) atoms. The summed E-state index contributed by atoms with van der Waals surface area (Å²) in [5.74, 6) is 1.21. The van der Waals surface area contributed by atoms with E-state index in [1.165, 1.54) is 12.1 Å². The number of nitrogens with one attached hydrogen (secondary N) is 1. The van der Waals surface area contributed by atoms with Gasteiger partial charge in [-0.3, -0.25) is 9.78 Å². The van der Waals surface area contributed by atoms with E-state index in [9.17, 15) is 13.2 Å². The van der Waals surface area contributed by atoms with E-state index >= 15 is 0 Å². The SMILES string of the molecule is Cc1c(Cc2nc(-c3ccc(C(N)C(F)(F)F)cc3)nn2C)ccc2[nH]ncc12. The summed E-state index contributed by atoms with van der Waals surface area (Å²) in [7, 11) is 1.80. The molecule has 0 aliphatic carbocycles. The van der Waals surface area contributed by atoms with E-state index in [1.807, 2.05) is 19.1 Å². The fraction of sp³-hybridized carbons (Fsp3) is 0.250. The third kappa shape index (κ3) is 3.61. The summed E-state index contributed by atoms with van der Waals surface area (Å²) in [6.45, 7) is 2.03. The van der Waals surface area contributed by atoms with Crippen LogP contribution in [0.25, 0.3) is 22.3 Å². The predicted octanol–water partition coefficient (Wildman–Crippen LogP) is 3.82. The number of halogens is 3. The molecule has 0 bridgehead atoms. The van der Waals surface area contributed by atoms with Gasteiger partial charge in [-0.2, -0.15) is 23.4 Å². The van der Waals surface area contributed by atoms with Gasteiger partial charge in [-0.25, -0.2) is 4.98 Å². The van der Waals surface area contributed by atoms with Gasteiger partial charge in [0.25, 0.3) is 0 Å². The zero-order valence-electron chi connectivity index (χ0n) is 15.8. The first-order chi connectivity index (χ1) is 13.7. The highest BCUT2D eigenvalue weighted by Gasteiger charge is 2.37. The van der Waals surface area contributed by atoms with Crippen LogP contribution >= 0.6 is 0 Å². The summed E-state index contributed by atoms with van der Waals surface area (Å²) in [6, 6.07) is 7.83. The molecule has 0 radical (unpaired) electrons. The Balaban J connectivity index is 1.60. The molecule has 0 saturated heterocycles. The summed E-state index contributed by atoms with van der Waals surface area (Å²) in [5, 5.41) is 12.5. The number of fused-ring (bicyclic) bond motifs is 1. The molecule has 0 saturated carbocycles. The highest BCUT2D eigenvalue weighted by Crippen LogP contribution is 2.31. The van der Waals surface area contributed by atoms with Crippen molar-refractivity contribution in [1.82, 2.24) is 25.0 Å². The third-order valence-electron chi connectivity index (χ3n) is 5.09. The van der Waals surface area contributed by atoms with Crippen molar-refractivity contribution in [3.63, 3.8) is 0 Å². The number of H-pyrrole nitrogens is 1. The van der Waals surface area contributed by atoms with Gasteiger partial charge < -0.3 is 5.73 Å². The van der Waals surface area contributed by atoms with E-state index in [2.05, 4.69) is 20.3 Å². The first-order valence-corrected chi connectivity index (χ1v) is 8.98. The molecular formula is C20H19F3N6. The Labute approximate surface area is 164 Å². The molecule has 1 atom stereocenters. The van der Waals surface area contributed by atoms with Gasteiger partial charge in [0.2, 0.25) is 0 Å². The minimum Gasteiger partial charge on any atom is -0.316 e. The number of alkyl halides is 3. The van der Waals surface area contributed by atoms with Crippen LogP contribution in [0.2, 0.25) is 0 Å². The van der Waals surface area contributed by atoms with Crippen molar-refractivity contribution in [3.05, 3.63) is 65.1 Å². The van der Waals surface area contributed by atoms with Gasteiger partial charge in [0.05, 0.1) is 11.7 Å². The second kappa shape index (κ2) is 7.00. The number of rotatable bonds is 4. The molecule has 9 heteroatoms. The maximum atomic E-state index is 12.8. The normalized spacial score (nSPS) is 13.2. The lowest BCUT2D eigenvalue weighted by molar-refractivity contribution is -0.149. The van der Waals surface area contributed by atoms with E-state index in [1.54, 1.807) is 30.1 Å². The Morgan fingerprint density at radius 2 is 1.86 bits per heavy atom. The van der Waals surface area contributed by atoms with Crippen LogP contribution in [0.4, 0.5) is 13.2 Å². The molecule has 0 aliphatic heterocycles. The molecule has 6 nitrogen and oxygen atoms in total. The Morgan fingerprint density at radius 3 is 2.55 bits per heavy atom. The second-order valence-electron chi connectivity index (χ2n) is 6.97. The zero-order valence-corrected chi connectivity index (χ0v) is 15.8. The minimum absolute atomic E-state index is 0.00134. The van der Waals surface area contributed by atoms with Gasteiger partial charge in [0.15, 0.2) is 5.82 Å². The Bertz CT molecular complexity index is 1160. The number of aromatic amines is 1. The summed E-state index contributed by atoms with van der Waals surface area (Å²) in [5.41, 5.74) is 9.08. The molecule has 0 amide bonds. The molecule has 1 unspecified atom stereocenters. The lowest BCUT2D eigenvalue weighted by Gasteiger charge is -2.15. The molecule has 2 aromatic carbocycles. The van der Waals surface area contributed by atoms with E-state index in [0.29, 0.717) is 17.8 Å². The van der Waals surface area contributed by atoms with Crippen LogP contribution in [-0.2, 0) is 13.5 Å². The number of hydrogen-bond donors (Lipinski definition) is 2. The second-order valence-corrected chi connectivity index (χ2v) is 6.97. The molecule has 0 aliphatic rings. The Hall–Kier alpha value is -3.20. The van der Waals surface area contributed by atoms with Gasteiger partial charge in [0, 0.05) is 24.4 Å². The van der Waals surface area contributed by atoms with Crippen LogP contribution in [0, 0.1) is 6.92 Å². The number of aromatic nitrogens is 5. The fourth-order valence-electron chi connectivity index (χ4n) is 3.29. The van der Waals surface area contributed by atoms with E-state index in [0.717, 1.165) is 27.9 Å². The van der Waals surface area contributed by atoms with Gasteiger partial charge in [-0.1, -0.05) is 30.3 Å².